The smallest absolute Gasteiger partial charge is 0.321 e. The highest BCUT2D eigenvalue weighted by molar-refractivity contribution is 5.89. The lowest BCUT2D eigenvalue weighted by Crippen LogP contribution is -2.50. The van der Waals surface area contributed by atoms with Crippen molar-refractivity contribution in [1.82, 2.24) is 14.7 Å². The van der Waals surface area contributed by atoms with Crippen LogP contribution in [-0.4, -0.2) is 86.7 Å². The van der Waals surface area contributed by atoms with Crippen LogP contribution in [0.15, 0.2) is 24.3 Å². The Balaban J connectivity index is 1.54. The maximum atomic E-state index is 12.7. The molecule has 7 heteroatoms. The van der Waals surface area contributed by atoms with Crippen LogP contribution >= 0.6 is 0 Å². The van der Waals surface area contributed by atoms with Gasteiger partial charge in [-0.15, -0.1) is 0 Å². The minimum atomic E-state index is -0.0433. The highest BCUT2D eigenvalue weighted by atomic mass is 16.5. The maximum Gasteiger partial charge on any atom is 0.321 e. The number of urea groups is 1. The molecule has 2 saturated heterocycles. The summed E-state index contributed by atoms with van der Waals surface area (Å²) in [6.07, 6.45) is 2.77. The van der Waals surface area contributed by atoms with E-state index in [0.717, 1.165) is 38.0 Å². The Labute approximate surface area is 174 Å². The maximum absolute atomic E-state index is 12.7. The summed E-state index contributed by atoms with van der Waals surface area (Å²) in [5.74, 6) is 0.118. The van der Waals surface area contributed by atoms with Crippen molar-refractivity contribution in [3.8, 4) is 0 Å². The lowest BCUT2D eigenvalue weighted by atomic mass is 9.78. The summed E-state index contributed by atoms with van der Waals surface area (Å²) in [7, 11) is 3.58. The summed E-state index contributed by atoms with van der Waals surface area (Å²) in [5, 5.41) is 3.01. The van der Waals surface area contributed by atoms with Crippen LogP contribution in [0.25, 0.3) is 0 Å². The zero-order valence-corrected chi connectivity index (χ0v) is 17.9. The molecule has 2 aliphatic rings. The molecule has 2 aliphatic heterocycles. The van der Waals surface area contributed by atoms with Crippen LogP contribution in [0.2, 0.25) is 0 Å². The quantitative estimate of drug-likeness (QED) is 0.839. The van der Waals surface area contributed by atoms with Crippen molar-refractivity contribution in [3.05, 3.63) is 29.8 Å². The molecule has 2 heterocycles. The van der Waals surface area contributed by atoms with Crippen LogP contribution in [0.5, 0.6) is 0 Å². The van der Waals surface area contributed by atoms with E-state index >= 15 is 0 Å². The Hall–Kier alpha value is -2.12. The molecular weight excluding hydrogens is 368 g/mol. The number of aryl methyl sites for hydroxylation is 1. The number of nitrogens with one attached hydrogen (secondary N) is 1. The van der Waals surface area contributed by atoms with Gasteiger partial charge in [-0.05, 0) is 37.0 Å². The number of carbonyl (C=O) groups excluding carboxylic acids is 2. The average molecular weight is 403 g/mol. The molecule has 7 nitrogen and oxygen atoms in total. The number of anilines is 1. The molecule has 1 spiro atoms. The number of likely N-dealkylation sites (N-methyl/N-ethyl adjacent to an activating group) is 1. The molecule has 0 aliphatic carbocycles. The van der Waals surface area contributed by atoms with Gasteiger partial charge < -0.3 is 19.9 Å². The summed E-state index contributed by atoms with van der Waals surface area (Å²) in [6.45, 7) is 6.94. The summed E-state index contributed by atoms with van der Waals surface area (Å²) < 4.78 is 5.89. The first-order valence-electron chi connectivity index (χ1n) is 10.6. The third kappa shape index (κ3) is 5.70. The second-order valence-electron chi connectivity index (χ2n) is 8.52. The minimum absolute atomic E-state index is 0.0165. The lowest BCUT2D eigenvalue weighted by molar-refractivity contribution is -0.130. The highest BCUT2D eigenvalue weighted by Crippen LogP contribution is 2.34. The monoisotopic (exact) mass is 402 g/mol. The Morgan fingerprint density at radius 2 is 1.83 bits per heavy atom. The van der Waals surface area contributed by atoms with Crippen LogP contribution in [0.1, 0.15) is 25.3 Å². The topological polar surface area (TPSA) is 65.1 Å². The molecule has 1 aromatic carbocycles. The van der Waals surface area contributed by atoms with Gasteiger partial charge in [0.25, 0.3) is 0 Å². The largest absolute Gasteiger partial charge is 0.379 e. The van der Waals surface area contributed by atoms with Crippen molar-refractivity contribution in [2.24, 2.45) is 5.41 Å². The Morgan fingerprint density at radius 3 is 2.45 bits per heavy atom. The number of nitrogens with zero attached hydrogens (tertiary/aromatic N) is 3. The van der Waals surface area contributed by atoms with E-state index in [1.54, 1.807) is 19.0 Å². The van der Waals surface area contributed by atoms with Crippen molar-refractivity contribution in [1.29, 1.82) is 0 Å². The fourth-order valence-electron chi connectivity index (χ4n) is 4.06. The van der Waals surface area contributed by atoms with Crippen molar-refractivity contribution in [3.63, 3.8) is 0 Å². The number of benzene rings is 1. The number of carbonyl (C=O) groups is 2. The van der Waals surface area contributed by atoms with E-state index in [-0.39, 0.29) is 17.4 Å². The van der Waals surface area contributed by atoms with Gasteiger partial charge in [0.1, 0.15) is 0 Å². The molecule has 2 fully saturated rings. The van der Waals surface area contributed by atoms with Gasteiger partial charge in [-0.25, -0.2) is 4.79 Å². The SMILES string of the molecule is CCc1ccc(NC(=O)N2CCC3(CC2)COCCN(CC(=O)N(C)C)C3)cc1. The van der Waals surface area contributed by atoms with E-state index in [1.165, 1.54) is 5.56 Å². The van der Waals surface area contributed by atoms with Crippen molar-refractivity contribution in [2.75, 3.05) is 65.3 Å². The third-order valence-electron chi connectivity index (χ3n) is 6.10. The van der Waals surface area contributed by atoms with Crippen molar-refractivity contribution < 1.29 is 14.3 Å². The summed E-state index contributed by atoms with van der Waals surface area (Å²) in [5.41, 5.74) is 2.11. The zero-order chi connectivity index (χ0) is 20.9. The van der Waals surface area contributed by atoms with Gasteiger partial charge in [-0.2, -0.15) is 0 Å². The second-order valence-corrected chi connectivity index (χ2v) is 8.52. The number of hydrogen-bond acceptors (Lipinski definition) is 4. The number of amides is 3. The van der Waals surface area contributed by atoms with E-state index in [0.29, 0.717) is 32.8 Å². The minimum Gasteiger partial charge on any atom is -0.379 e. The number of piperidine rings is 1. The number of hydrogen-bond donors (Lipinski definition) is 1. The Kier molecular flexibility index (Phi) is 7.14. The van der Waals surface area contributed by atoms with Crippen LogP contribution in [0.4, 0.5) is 10.5 Å². The molecule has 0 aromatic heterocycles. The molecule has 1 aromatic rings. The Morgan fingerprint density at radius 1 is 1.14 bits per heavy atom. The molecule has 0 radical (unpaired) electrons. The summed E-state index contributed by atoms with van der Waals surface area (Å²) >= 11 is 0. The molecule has 160 valence electrons. The van der Waals surface area contributed by atoms with E-state index in [2.05, 4.69) is 17.1 Å². The summed E-state index contributed by atoms with van der Waals surface area (Å²) in [4.78, 5) is 30.5. The lowest BCUT2D eigenvalue weighted by Gasteiger charge is -2.42. The van der Waals surface area contributed by atoms with Gasteiger partial charge in [0.2, 0.25) is 5.91 Å². The third-order valence-corrected chi connectivity index (χ3v) is 6.10. The van der Waals surface area contributed by atoms with Gasteiger partial charge in [0, 0.05) is 51.4 Å². The predicted octanol–water partition coefficient (Wildman–Crippen LogP) is 2.28. The normalized spacial score (nSPS) is 19.6. The van der Waals surface area contributed by atoms with E-state index in [1.807, 2.05) is 29.2 Å². The molecule has 0 bridgehead atoms. The summed E-state index contributed by atoms with van der Waals surface area (Å²) in [6, 6.07) is 7.97. The Bertz CT molecular complexity index is 697. The van der Waals surface area contributed by atoms with Gasteiger partial charge in [0.05, 0.1) is 19.8 Å². The molecule has 1 N–H and O–H groups in total. The van der Waals surface area contributed by atoms with Crippen molar-refractivity contribution >= 4 is 17.6 Å². The van der Waals surface area contributed by atoms with E-state index in [4.69, 9.17) is 4.74 Å². The molecule has 3 amide bonds. The second kappa shape index (κ2) is 9.59. The van der Waals surface area contributed by atoms with Crippen LogP contribution in [0, 0.1) is 5.41 Å². The first kappa shape index (κ1) is 21.6. The molecule has 29 heavy (non-hydrogen) atoms. The van der Waals surface area contributed by atoms with E-state index in [9.17, 15) is 9.59 Å². The standard InChI is InChI=1S/C22H34N4O3/c1-4-18-5-7-19(8-6-18)23-21(28)26-11-9-22(10-12-26)16-25(13-14-29-17-22)15-20(27)24(2)3/h5-8H,4,9-17H2,1-3H3,(H,23,28). The number of rotatable bonds is 4. The number of likely N-dealkylation sites (tertiary alicyclic amines) is 1. The van der Waals surface area contributed by atoms with Crippen LogP contribution in [-0.2, 0) is 16.0 Å². The molecule has 0 saturated carbocycles. The van der Waals surface area contributed by atoms with Crippen LogP contribution < -0.4 is 5.32 Å². The fraction of sp³-hybridized carbons (Fsp3) is 0.636. The molecule has 0 atom stereocenters. The molecule has 0 unspecified atom stereocenters. The van der Waals surface area contributed by atoms with Crippen LogP contribution in [0.3, 0.4) is 0 Å². The molecular formula is C22H34N4O3. The first-order valence-corrected chi connectivity index (χ1v) is 10.6. The van der Waals surface area contributed by atoms with Crippen molar-refractivity contribution in [2.45, 2.75) is 26.2 Å². The van der Waals surface area contributed by atoms with Gasteiger partial charge in [-0.1, -0.05) is 19.1 Å². The fourth-order valence-corrected chi connectivity index (χ4v) is 4.06. The molecule has 3 rings (SSSR count). The van der Waals surface area contributed by atoms with E-state index < -0.39 is 0 Å². The van der Waals surface area contributed by atoms with Gasteiger partial charge >= 0.3 is 6.03 Å². The van der Waals surface area contributed by atoms with Gasteiger partial charge in [0.15, 0.2) is 0 Å². The highest BCUT2D eigenvalue weighted by Gasteiger charge is 2.39. The number of ether oxygens (including phenoxy) is 1. The predicted molar refractivity (Wildman–Crippen MR) is 114 cm³/mol. The first-order chi connectivity index (χ1) is 13.9. The average Bonchev–Trinajstić information content (AvgIpc) is 2.91. The van der Waals surface area contributed by atoms with Gasteiger partial charge in [-0.3, -0.25) is 9.69 Å². The zero-order valence-electron chi connectivity index (χ0n) is 17.9.